The molecule has 230 valence electrons. The largest absolute Gasteiger partial charge is 0.411 e. The van der Waals surface area contributed by atoms with Crippen molar-refractivity contribution in [2.24, 2.45) is 5.92 Å². The van der Waals surface area contributed by atoms with Crippen LogP contribution in [0.4, 0.5) is 0 Å². The normalized spacial score (nSPS) is 30.8. The maximum Gasteiger partial charge on any atom is 0.192 e. The molecule has 0 amide bonds. The van der Waals surface area contributed by atoms with E-state index in [1.807, 2.05) is 7.11 Å². The number of hydrogen-bond acceptors (Lipinski definition) is 4. The Morgan fingerprint density at radius 1 is 0.860 bits per heavy atom. The molecule has 2 heterocycles. The van der Waals surface area contributed by atoms with Crippen LogP contribution in [0.2, 0.25) is 18.1 Å². The first kappa shape index (κ1) is 31.1. The lowest BCUT2D eigenvalue weighted by Gasteiger charge is -2.47. The molecule has 0 bridgehead atoms. The molecule has 1 spiro atoms. The van der Waals surface area contributed by atoms with Gasteiger partial charge in [0.2, 0.25) is 0 Å². The Balaban J connectivity index is 1.31. The summed E-state index contributed by atoms with van der Waals surface area (Å²) in [6, 6.07) is 33.5. The van der Waals surface area contributed by atoms with Gasteiger partial charge in [0.05, 0.1) is 42.6 Å². The first-order valence-corrected chi connectivity index (χ1v) is 20.9. The summed E-state index contributed by atoms with van der Waals surface area (Å²) < 4.78 is 26.5. The fourth-order valence-corrected chi connectivity index (χ4v) is 13.2. The van der Waals surface area contributed by atoms with Crippen molar-refractivity contribution >= 4 is 31.5 Å². The predicted octanol–water partition coefficient (Wildman–Crippen LogP) is 7.11. The summed E-state index contributed by atoms with van der Waals surface area (Å²) in [7, 11) is -2.03. The lowest BCUT2D eigenvalue weighted by atomic mass is 9.68. The number of methoxy groups -OCH3 is 1. The highest BCUT2D eigenvalue weighted by atomic mass is 31.2. The van der Waals surface area contributed by atoms with Crippen LogP contribution < -0.4 is 15.9 Å². The highest BCUT2D eigenvalue weighted by molar-refractivity contribution is 7.95. The summed E-state index contributed by atoms with van der Waals surface area (Å²) in [5.74, 6) is 0.149. The SMILES string of the molecule is CO[C@H]1[C@H](C2(C)O[C@@H]2CC[P+](c2ccccc2)(c2ccccc2)c2ccccc2)[C@]2(CC[C@H]1O[Si](C)(C)C(C)(C)C)CO2. The number of epoxide rings is 2. The molecule has 3 aromatic carbocycles. The van der Waals surface area contributed by atoms with Gasteiger partial charge in [-0.05, 0) is 74.3 Å². The van der Waals surface area contributed by atoms with E-state index in [1.165, 1.54) is 15.9 Å². The number of hydrogen-bond donors (Lipinski definition) is 0. The van der Waals surface area contributed by atoms with Crippen molar-refractivity contribution in [2.45, 2.75) is 94.6 Å². The van der Waals surface area contributed by atoms with Crippen molar-refractivity contribution < 1.29 is 18.6 Å². The van der Waals surface area contributed by atoms with Crippen molar-refractivity contribution in [1.82, 2.24) is 0 Å². The average Bonchev–Trinajstić information content (AvgIpc) is 3.92. The molecule has 43 heavy (non-hydrogen) atoms. The Hall–Kier alpha value is -1.85. The maximum atomic E-state index is 7.05. The molecule has 3 aliphatic rings. The minimum Gasteiger partial charge on any atom is -0.411 e. The molecular weight excluding hydrogens is 567 g/mol. The predicted molar refractivity (Wildman–Crippen MR) is 182 cm³/mol. The summed E-state index contributed by atoms with van der Waals surface area (Å²) >= 11 is 0. The van der Waals surface area contributed by atoms with Gasteiger partial charge < -0.3 is 18.6 Å². The van der Waals surface area contributed by atoms with E-state index in [-0.39, 0.29) is 40.5 Å². The molecule has 6 atom stereocenters. The van der Waals surface area contributed by atoms with Gasteiger partial charge >= 0.3 is 0 Å². The van der Waals surface area contributed by atoms with Crippen molar-refractivity contribution in [3.05, 3.63) is 91.0 Å². The molecule has 3 fully saturated rings. The monoisotopic (exact) mass is 617 g/mol. The van der Waals surface area contributed by atoms with Gasteiger partial charge in [0, 0.05) is 13.5 Å². The van der Waals surface area contributed by atoms with Gasteiger partial charge in [0.1, 0.15) is 28.8 Å². The Labute approximate surface area is 261 Å². The Morgan fingerprint density at radius 3 is 1.77 bits per heavy atom. The highest BCUT2D eigenvalue weighted by Gasteiger charge is 2.72. The molecule has 1 unspecified atom stereocenters. The van der Waals surface area contributed by atoms with Crippen LogP contribution in [0.5, 0.6) is 0 Å². The van der Waals surface area contributed by atoms with E-state index in [4.69, 9.17) is 18.6 Å². The zero-order chi connectivity index (χ0) is 30.5. The number of ether oxygens (including phenoxy) is 3. The molecule has 0 aromatic heterocycles. The van der Waals surface area contributed by atoms with Crippen LogP contribution in [0.1, 0.15) is 47.0 Å². The summed E-state index contributed by atoms with van der Waals surface area (Å²) in [6.45, 7) is 14.8. The third kappa shape index (κ3) is 5.60. The van der Waals surface area contributed by atoms with Gasteiger partial charge in [0.15, 0.2) is 8.32 Å². The first-order valence-electron chi connectivity index (χ1n) is 16.0. The van der Waals surface area contributed by atoms with E-state index in [9.17, 15) is 0 Å². The van der Waals surface area contributed by atoms with Gasteiger partial charge in [-0.2, -0.15) is 0 Å². The minimum absolute atomic E-state index is 0.0442. The fourth-order valence-electron chi connectivity index (χ4n) is 7.54. The van der Waals surface area contributed by atoms with Gasteiger partial charge in [-0.1, -0.05) is 75.4 Å². The summed E-state index contributed by atoms with van der Waals surface area (Å²) in [6.07, 6.45) is 4.20. The lowest BCUT2D eigenvalue weighted by molar-refractivity contribution is -0.111. The fraction of sp³-hybridized carbons (Fsp3) is 0.514. The third-order valence-corrected chi connectivity index (χ3v) is 20.0. The Bertz CT molecular complexity index is 1280. The van der Waals surface area contributed by atoms with Gasteiger partial charge in [-0.25, -0.2) is 0 Å². The molecule has 0 N–H and O–H groups in total. The average molecular weight is 618 g/mol. The van der Waals surface area contributed by atoms with E-state index in [2.05, 4.69) is 132 Å². The van der Waals surface area contributed by atoms with Crippen molar-refractivity contribution in [3.63, 3.8) is 0 Å². The highest BCUT2D eigenvalue weighted by Crippen LogP contribution is 2.62. The topological polar surface area (TPSA) is 43.5 Å². The van der Waals surface area contributed by atoms with E-state index in [0.717, 1.165) is 32.0 Å². The quantitative estimate of drug-likeness (QED) is 0.138. The van der Waals surface area contributed by atoms with Crippen LogP contribution in [0, 0.1) is 5.92 Å². The standard InChI is InChI=1S/C37H50O4PSi/c1-35(2,3)43(6,7)41-31-23-25-37(27-39-37)34(33(31)38-5)36(4)32(40-36)24-26-42(28-17-11-8-12-18-28,29-19-13-9-14-20-29)30-21-15-10-16-22-30/h8-22,31-34H,23-27H2,1-7H3/q+1/t31-,32-,33-,34-,36?,37+/m1/s1. The van der Waals surface area contributed by atoms with Crippen LogP contribution >= 0.6 is 7.26 Å². The smallest absolute Gasteiger partial charge is 0.192 e. The van der Waals surface area contributed by atoms with Crippen LogP contribution in [0.15, 0.2) is 91.0 Å². The molecule has 2 aliphatic heterocycles. The number of benzene rings is 3. The molecule has 6 rings (SSSR count). The second-order valence-electron chi connectivity index (χ2n) is 14.6. The Morgan fingerprint density at radius 2 is 1.35 bits per heavy atom. The van der Waals surface area contributed by atoms with E-state index in [1.54, 1.807) is 0 Å². The zero-order valence-corrected chi connectivity index (χ0v) is 29.0. The van der Waals surface area contributed by atoms with E-state index in [0.29, 0.717) is 0 Å². The molecular formula is C37H50O4PSi+. The van der Waals surface area contributed by atoms with Crippen LogP contribution in [0.25, 0.3) is 0 Å². The van der Waals surface area contributed by atoms with E-state index < -0.39 is 15.6 Å². The van der Waals surface area contributed by atoms with Crippen LogP contribution in [-0.2, 0) is 18.6 Å². The summed E-state index contributed by atoms with van der Waals surface area (Å²) in [4.78, 5) is 0. The molecule has 1 saturated carbocycles. The first-order chi connectivity index (χ1) is 20.5. The van der Waals surface area contributed by atoms with Gasteiger partial charge in [-0.3, -0.25) is 0 Å². The molecule has 6 heteroatoms. The van der Waals surface area contributed by atoms with Crippen molar-refractivity contribution in [2.75, 3.05) is 19.9 Å². The molecule has 4 nitrogen and oxygen atoms in total. The second-order valence-corrected chi connectivity index (χ2v) is 23.0. The van der Waals surface area contributed by atoms with E-state index >= 15 is 0 Å². The maximum absolute atomic E-state index is 7.05. The molecule has 1 aliphatic carbocycles. The summed E-state index contributed by atoms with van der Waals surface area (Å²) in [5.41, 5.74) is -0.450. The molecule has 2 saturated heterocycles. The molecule has 0 radical (unpaired) electrons. The lowest BCUT2D eigenvalue weighted by Crippen LogP contribution is -2.58. The minimum atomic E-state index is -1.97. The molecule has 3 aromatic rings. The van der Waals surface area contributed by atoms with Gasteiger partial charge in [0.25, 0.3) is 0 Å². The van der Waals surface area contributed by atoms with Gasteiger partial charge in [-0.15, -0.1) is 0 Å². The third-order valence-electron chi connectivity index (χ3n) is 11.1. The zero-order valence-electron chi connectivity index (χ0n) is 27.1. The van der Waals surface area contributed by atoms with Crippen molar-refractivity contribution in [3.8, 4) is 0 Å². The number of rotatable bonds is 10. The van der Waals surface area contributed by atoms with Crippen molar-refractivity contribution in [1.29, 1.82) is 0 Å². The second kappa shape index (κ2) is 11.5. The Kier molecular flexibility index (Phi) is 8.33. The summed E-state index contributed by atoms with van der Waals surface area (Å²) in [5, 5.41) is 4.42. The van der Waals surface area contributed by atoms with Crippen LogP contribution in [-0.4, -0.2) is 57.7 Å². The van der Waals surface area contributed by atoms with Crippen LogP contribution in [0.3, 0.4) is 0 Å².